The van der Waals surface area contributed by atoms with Crippen LogP contribution in [0.5, 0.6) is 11.5 Å². The van der Waals surface area contributed by atoms with E-state index in [2.05, 4.69) is 5.32 Å². The second-order valence-electron chi connectivity index (χ2n) is 5.50. The number of non-ortho nitro benzene ring substituents is 1. The van der Waals surface area contributed by atoms with E-state index in [0.29, 0.717) is 17.2 Å². The number of para-hydroxylation sites is 3. The summed E-state index contributed by atoms with van der Waals surface area (Å²) >= 11 is 1.30. The molecule has 1 amide bonds. The molecule has 0 fully saturated rings. The van der Waals surface area contributed by atoms with Crippen molar-refractivity contribution in [2.24, 2.45) is 0 Å². The zero-order chi connectivity index (χ0) is 19.1. The molecule has 3 aromatic carbocycles. The zero-order valence-electron chi connectivity index (χ0n) is 14.2. The normalized spacial score (nSPS) is 10.2. The van der Waals surface area contributed by atoms with Gasteiger partial charge in [0.05, 0.1) is 16.4 Å². The van der Waals surface area contributed by atoms with Crippen molar-refractivity contribution < 1.29 is 14.5 Å². The van der Waals surface area contributed by atoms with Crippen molar-refractivity contribution in [3.05, 3.63) is 89.0 Å². The molecular weight excluding hydrogens is 364 g/mol. The number of anilines is 1. The van der Waals surface area contributed by atoms with Crippen LogP contribution in [-0.4, -0.2) is 16.6 Å². The molecule has 27 heavy (non-hydrogen) atoms. The first-order chi connectivity index (χ1) is 13.1. The monoisotopic (exact) mass is 380 g/mol. The average Bonchev–Trinajstić information content (AvgIpc) is 2.69. The Morgan fingerprint density at radius 2 is 1.63 bits per heavy atom. The van der Waals surface area contributed by atoms with Crippen LogP contribution >= 0.6 is 11.8 Å². The fourth-order valence-electron chi connectivity index (χ4n) is 2.27. The standard InChI is InChI=1S/C20H16N2O4S/c23-20(14-27-17-12-10-15(11-13-17)22(24)25)21-18-8-4-5-9-19(18)26-16-6-2-1-3-7-16/h1-13H,14H2,(H,21,23). The predicted molar refractivity (Wildman–Crippen MR) is 105 cm³/mol. The summed E-state index contributed by atoms with van der Waals surface area (Å²) in [5, 5.41) is 13.5. The molecular formula is C20H16N2O4S. The first-order valence-electron chi connectivity index (χ1n) is 8.11. The highest BCUT2D eigenvalue weighted by atomic mass is 32.2. The molecule has 0 aromatic heterocycles. The van der Waals surface area contributed by atoms with E-state index in [1.165, 1.54) is 23.9 Å². The summed E-state index contributed by atoms with van der Waals surface area (Å²) < 4.78 is 5.82. The van der Waals surface area contributed by atoms with Gasteiger partial charge in [0.2, 0.25) is 5.91 Å². The summed E-state index contributed by atoms with van der Waals surface area (Å²) in [6.07, 6.45) is 0. The van der Waals surface area contributed by atoms with Gasteiger partial charge in [0, 0.05) is 17.0 Å². The lowest BCUT2D eigenvalue weighted by molar-refractivity contribution is -0.384. The minimum absolute atomic E-state index is 0.0239. The Bertz CT molecular complexity index is 930. The average molecular weight is 380 g/mol. The molecule has 0 radical (unpaired) electrons. The number of nitro groups is 1. The van der Waals surface area contributed by atoms with Gasteiger partial charge in [-0.1, -0.05) is 30.3 Å². The van der Waals surface area contributed by atoms with Crippen LogP contribution in [0.4, 0.5) is 11.4 Å². The van der Waals surface area contributed by atoms with E-state index in [1.807, 2.05) is 42.5 Å². The van der Waals surface area contributed by atoms with Gasteiger partial charge in [0.25, 0.3) is 5.69 Å². The number of nitrogens with one attached hydrogen (secondary N) is 1. The first kappa shape index (κ1) is 18.5. The third-order valence-corrected chi connectivity index (χ3v) is 4.56. The number of thioether (sulfide) groups is 1. The second-order valence-corrected chi connectivity index (χ2v) is 6.55. The Morgan fingerprint density at radius 3 is 2.33 bits per heavy atom. The van der Waals surface area contributed by atoms with Gasteiger partial charge in [-0.2, -0.15) is 0 Å². The van der Waals surface area contributed by atoms with Gasteiger partial charge in [-0.25, -0.2) is 0 Å². The van der Waals surface area contributed by atoms with E-state index < -0.39 is 4.92 Å². The third-order valence-electron chi connectivity index (χ3n) is 3.55. The van der Waals surface area contributed by atoms with Crippen LogP contribution in [0.3, 0.4) is 0 Å². The Hall–Kier alpha value is -3.32. The van der Waals surface area contributed by atoms with Crippen molar-refractivity contribution in [2.45, 2.75) is 4.90 Å². The molecule has 0 atom stereocenters. The molecule has 0 spiro atoms. The molecule has 0 unspecified atom stereocenters. The second kappa shape index (κ2) is 8.86. The van der Waals surface area contributed by atoms with Crippen LogP contribution < -0.4 is 10.1 Å². The van der Waals surface area contributed by atoms with Crippen LogP contribution in [0.1, 0.15) is 0 Å². The van der Waals surface area contributed by atoms with Crippen molar-refractivity contribution in [1.29, 1.82) is 0 Å². The van der Waals surface area contributed by atoms with Crippen molar-refractivity contribution in [2.75, 3.05) is 11.1 Å². The van der Waals surface area contributed by atoms with E-state index in [0.717, 1.165) is 4.90 Å². The molecule has 0 aliphatic heterocycles. The zero-order valence-corrected chi connectivity index (χ0v) is 15.0. The molecule has 0 saturated carbocycles. The minimum atomic E-state index is -0.454. The van der Waals surface area contributed by atoms with E-state index in [9.17, 15) is 14.9 Å². The maximum Gasteiger partial charge on any atom is 0.269 e. The molecule has 3 aromatic rings. The van der Waals surface area contributed by atoms with E-state index >= 15 is 0 Å². The van der Waals surface area contributed by atoms with Crippen LogP contribution in [0.25, 0.3) is 0 Å². The number of benzene rings is 3. The molecule has 1 N–H and O–H groups in total. The fourth-order valence-corrected chi connectivity index (χ4v) is 2.97. The molecule has 6 nitrogen and oxygen atoms in total. The molecule has 136 valence electrons. The number of hydrogen-bond donors (Lipinski definition) is 1. The maximum absolute atomic E-state index is 12.3. The Kier molecular flexibility index (Phi) is 6.06. The van der Waals surface area contributed by atoms with Crippen LogP contribution in [0.2, 0.25) is 0 Å². The molecule has 0 saturated heterocycles. The van der Waals surface area contributed by atoms with E-state index in [-0.39, 0.29) is 17.3 Å². The summed E-state index contributed by atoms with van der Waals surface area (Å²) in [6.45, 7) is 0. The third kappa shape index (κ3) is 5.32. The lowest BCUT2D eigenvalue weighted by Gasteiger charge is -2.12. The summed E-state index contributed by atoms with van der Waals surface area (Å²) in [5.41, 5.74) is 0.603. The van der Waals surface area contributed by atoms with Crippen molar-refractivity contribution >= 4 is 29.0 Å². The molecule has 0 aliphatic rings. The quantitative estimate of drug-likeness (QED) is 0.350. The van der Waals surface area contributed by atoms with Crippen LogP contribution in [-0.2, 0) is 4.79 Å². The number of ether oxygens (including phenoxy) is 1. The van der Waals surface area contributed by atoms with Gasteiger partial charge in [0.15, 0.2) is 5.75 Å². The van der Waals surface area contributed by atoms with E-state index in [1.54, 1.807) is 24.3 Å². The molecule has 3 rings (SSSR count). The van der Waals surface area contributed by atoms with Crippen molar-refractivity contribution in [1.82, 2.24) is 0 Å². The van der Waals surface area contributed by atoms with Gasteiger partial charge in [-0.3, -0.25) is 14.9 Å². The highest BCUT2D eigenvalue weighted by Gasteiger charge is 2.10. The number of nitro benzene ring substituents is 1. The maximum atomic E-state index is 12.3. The highest BCUT2D eigenvalue weighted by molar-refractivity contribution is 8.00. The number of hydrogen-bond acceptors (Lipinski definition) is 5. The number of rotatable bonds is 7. The van der Waals surface area contributed by atoms with Gasteiger partial charge in [-0.05, 0) is 36.4 Å². The van der Waals surface area contributed by atoms with Crippen LogP contribution in [0, 0.1) is 10.1 Å². The Morgan fingerprint density at radius 1 is 0.963 bits per heavy atom. The highest BCUT2D eigenvalue weighted by Crippen LogP contribution is 2.29. The summed E-state index contributed by atoms with van der Waals surface area (Å²) in [4.78, 5) is 23.3. The lowest BCUT2D eigenvalue weighted by Crippen LogP contribution is -2.14. The molecule has 0 aliphatic carbocycles. The van der Waals surface area contributed by atoms with E-state index in [4.69, 9.17) is 4.74 Å². The SMILES string of the molecule is O=C(CSc1ccc([N+](=O)[O-])cc1)Nc1ccccc1Oc1ccccc1. The van der Waals surface area contributed by atoms with Gasteiger partial charge in [-0.15, -0.1) is 11.8 Å². The first-order valence-corrected chi connectivity index (χ1v) is 9.09. The Labute approximate surface area is 160 Å². The molecule has 7 heteroatoms. The van der Waals surface area contributed by atoms with Crippen molar-refractivity contribution in [3.63, 3.8) is 0 Å². The summed E-state index contributed by atoms with van der Waals surface area (Å²) in [5.74, 6) is 1.22. The number of carbonyl (C=O) groups is 1. The fraction of sp³-hybridized carbons (Fsp3) is 0.0500. The largest absolute Gasteiger partial charge is 0.455 e. The smallest absolute Gasteiger partial charge is 0.269 e. The van der Waals surface area contributed by atoms with Gasteiger partial charge < -0.3 is 10.1 Å². The topological polar surface area (TPSA) is 81.5 Å². The summed E-state index contributed by atoms with van der Waals surface area (Å²) in [7, 11) is 0. The number of amides is 1. The lowest BCUT2D eigenvalue weighted by atomic mass is 10.3. The predicted octanol–water partition coefficient (Wildman–Crippen LogP) is 5.12. The number of carbonyl (C=O) groups excluding carboxylic acids is 1. The minimum Gasteiger partial charge on any atom is -0.455 e. The Balaban J connectivity index is 1.60. The molecule has 0 bridgehead atoms. The van der Waals surface area contributed by atoms with Gasteiger partial charge in [0.1, 0.15) is 5.75 Å². The van der Waals surface area contributed by atoms with Crippen molar-refractivity contribution in [3.8, 4) is 11.5 Å². The van der Waals surface area contributed by atoms with Gasteiger partial charge >= 0.3 is 0 Å². The summed E-state index contributed by atoms with van der Waals surface area (Å²) in [6, 6.07) is 22.6. The van der Waals surface area contributed by atoms with Crippen LogP contribution in [0.15, 0.2) is 83.8 Å². The number of nitrogens with zero attached hydrogens (tertiary/aromatic N) is 1. The molecule has 0 heterocycles.